The number of amides is 1. The number of likely N-dealkylation sites (tertiary alicyclic amines) is 1. The molecule has 98 valence electrons. The van der Waals surface area contributed by atoms with E-state index in [0.29, 0.717) is 18.3 Å². The summed E-state index contributed by atoms with van der Waals surface area (Å²) in [7, 11) is 0. The molecule has 2 rings (SSSR count). The predicted molar refractivity (Wildman–Crippen MR) is 66.9 cm³/mol. The summed E-state index contributed by atoms with van der Waals surface area (Å²) in [5.74, 6) is 0.910. The van der Waals surface area contributed by atoms with E-state index >= 15 is 0 Å². The van der Waals surface area contributed by atoms with Crippen LogP contribution in [0.4, 0.5) is 4.39 Å². The monoisotopic (exact) mass is 251 g/mol. The molecule has 1 heterocycles. The van der Waals surface area contributed by atoms with Gasteiger partial charge in [-0.25, -0.2) is 4.39 Å². The molecule has 0 bridgehead atoms. The van der Waals surface area contributed by atoms with E-state index < -0.39 is 0 Å². The minimum atomic E-state index is -0.261. The summed E-state index contributed by atoms with van der Waals surface area (Å²) < 4.78 is 18.3. The lowest BCUT2D eigenvalue weighted by molar-refractivity contribution is -0.130. The van der Waals surface area contributed by atoms with E-state index in [-0.39, 0.29) is 11.7 Å². The molecule has 0 aliphatic carbocycles. The highest BCUT2D eigenvalue weighted by molar-refractivity contribution is 5.73. The van der Waals surface area contributed by atoms with Gasteiger partial charge in [0.1, 0.15) is 11.6 Å². The van der Waals surface area contributed by atoms with E-state index in [1.165, 1.54) is 12.1 Å². The smallest absolute Gasteiger partial charge is 0.219 e. The van der Waals surface area contributed by atoms with E-state index in [9.17, 15) is 9.18 Å². The Morgan fingerprint density at radius 2 is 2.17 bits per heavy atom. The van der Waals surface area contributed by atoms with Gasteiger partial charge in [0.05, 0.1) is 6.61 Å². The van der Waals surface area contributed by atoms with Gasteiger partial charge in [0, 0.05) is 25.9 Å². The molecule has 1 amide bonds. The molecular weight excluding hydrogens is 233 g/mol. The van der Waals surface area contributed by atoms with Crippen LogP contribution in [0.2, 0.25) is 0 Å². The molecule has 0 radical (unpaired) electrons. The third-order valence-electron chi connectivity index (χ3n) is 3.26. The Hall–Kier alpha value is -1.58. The highest BCUT2D eigenvalue weighted by atomic mass is 19.1. The van der Waals surface area contributed by atoms with Crippen LogP contribution in [0.3, 0.4) is 0 Å². The number of carbonyl (C=O) groups excluding carboxylic acids is 1. The number of benzene rings is 1. The lowest BCUT2D eigenvalue weighted by Crippen LogP contribution is -2.40. The van der Waals surface area contributed by atoms with Gasteiger partial charge in [-0.2, -0.15) is 0 Å². The Morgan fingerprint density at radius 3 is 2.83 bits per heavy atom. The summed E-state index contributed by atoms with van der Waals surface area (Å²) >= 11 is 0. The molecule has 3 nitrogen and oxygen atoms in total. The fourth-order valence-corrected chi connectivity index (χ4v) is 2.23. The molecule has 0 spiro atoms. The Bertz CT molecular complexity index is 405. The topological polar surface area (TPSA) is 29.5 Å². The minimum Gasteiger partial charge on any atom is -0.493 e. The molecular formula is C14H18FNO2. The second-order valence-electron chi connectivity index (χ2n) is 4.74. The average molecular weight is 251 g/mol. The fourth-order valence-electron chi connectivity index (χ4n) is 2.23. The predicted octanol–water partition coefficient (Wildman–Crippen LogP) is 2.46. The van der Waals surface area contributed by atoms with Gasteiger partial charge < -0.3 is 9.64 Å². The standard InChI is InChI=1S/C14H18FNO2/c1-11(17)16-8-2-3-12(9-16)10-18-14-6-4-13(15)5-7-14/h4-7,12H,2-3,8-10H2,1H3/t12-/m1/s1. The Morgan fingerprint density at radius 1 is 1.44 bits per heavy atom. The first-order valence-corrected chi connectivity index (χ1v) is 6.29. The number of rotatable bonds is 3. The molecule has 0 saturated carbocycles. The maximum absolute atomic E-state index is 12.7. The number of halogens is 1. The Labute approximate surface area is 107 Å². The van der Waals surface area contributed by atoms with Crippen molar-refractivity contribution >= 4 is 5.91 Å². The quantitative estimate of drug-likeness (QED) is 0.826. The molecule has 0 aromatic heterocycles. The van der Waals surface area contributed by atoms with Crippen LogP contribution < -0.4 is 4.74 Å². The van der Waals surface area contributed by atoms with Gasteiger partial charge in [0.2, 0.25) is 5.91 Å². The molecule has 1 aliphatic heterocycles. The van der Waals surface area contributed by atoms with Crippen LogP contribution in [-0.4, -0.2) is 30.5 Å². The summed E-state index contributed by atoms with van der Waals surface area (Å²) in [6.07, 6.45) is 2.10. The molecule has 1 aromatic carbocycles. The van der Waals surface area contributed by atoms with Crippen molar-refractivity contribution in [2.24, 2.45) is 5.92 Å². The second-order valence-corrected chi connectivity index (χ2v) is 4.74. The molecule has 1 atom stereocenters. The molecule has 18 heavy (non-hydrogen) atoms. The minimum absolute atomic E-state index is 0.126. The van der Waals surface area contributed by atoms with E-state index in [0.717, 1.165) is 25.9 Å². The van der Waals surface area contributed by atoms with Crippen LogP contribution in [0, 0.1) is 11.7 Å². The van der Waals surface area contributed by atoms with Crippen molar-refractivity contribution in [3.8, 4) is 5.75 Å². The normalized spacial score (nSPS) is 19.7. The number of ether oxygens (including phenoxy) is 1. The molecule has 1 saturated heterocycles. The van der Waals surface area contributed by atoms with Gasteiger partial charge in [-0.15, -0.1) is 0 Å². The van der Waals surface area contributed by atoms with Crippen LogP contribution in [0.25, 0.3) is 0 Å². The lowest BCUT2D eigenvalue weighted by atomic mass is 9.99. The number of hydrogen-bond donors (Lipinski definition) is 0. The van der Waals surface area contributed by atoms with E-state index in [1.807, 2.05) is 4.90 Å². The third kappa shape index (κ3) is 3.45. The molecule has 0 unspecified atom stereocenters. The van der Waals surface area contributed by atoms with Crippen molar-refractivity contribution in [2.75, 3.05) is 19.7 Å². The van der Waals surface area contributed by atoms with Crippen LogP contribution in [0.1, 0.15) is 19.8 Å². The van der Waals surface area contributed by atoms with E-state index in [1.54, 1.807) is 19.1 Å². The van der Waals surface area contributed by atoms with Crippen LogP contribution >= 0.6 is 0 Å². The van der Waals surface area contributed by atoms with Crippen molar-refractivity contribution in [1.82, 2.24) is 4.90 Å². The number of carbonyl (C=O) groups is 1. The SMILES string of the molecule is CC(=O)N1CCC[C@@H](COc2ccc(F)cc2)C1. The zero-order valence-electron chi connectivity index (χ0n) is 10.6. The summed E-state index contributed by atoms with van der Waals surface area (Å²) in [5, 5.41) is 0. The van der Waals surface area contributed by atoms with Gasteiger partial charge in [-0.05, 0) is 37.1 Å². The zero-order chi connectivity index (χ0) is 13.0. The van der Waals surface area contributed by atoms with Gasteiger partial charge in [-0.3, -0.25) is 4.79 Å². The molecule has 1 fully saturated rings. The molecule has 1 aliphatic rings. The summed E-state index contributed by atoms with van der Waals surface area (Å²) in [4.78, 5) is 13.2. The van der Waals surface area contributed by atoms with Gasteiger partial charge >= 0.3 is 0 Å². The first kappa shape index (κ1) is 12.9. The van der Waals surface area contributed by atoms with E-state index in [4.69, 9.17) is 4.74 Å². The Balaban J connectivity index is 1.82. The van der Waals surface area contributed by atoms with Gasteiger partial charge in [0.25, 0.3) is 0 Å². The van der Waals surface area contributed by atoms with Crippen LogP contribution in [0.5, 0.6) is 5.75 Å². The van der Waals surface area contributed by atoms with E-state index in [2.05, 4.69) is 0 Å². The molecule has 4 heteroatoms. The van der Waals surface area contributed by atoms with Crippen molar-refractivity contribution < 1.29 is 13.9 Å². The van der Waals surface area contributed by atoms with Crippen LogP contribution in [0.15, 0.2) is 24.3 Å². The van der Waals surface area contributed by atoms with Crippen molar-refractivity contribution in [1.29, 1.82) is 0 Å². The maximum atomic E-state index is 12.7. The summed E-state index contributed by atoms with van der Waals surface area (Å²) in [6.45, 7) is 3.79. The van der Waals surface area contributed by atoms with Crippen molar-refractivity contribution in [3.05, 3.63) is 30.1 Å². The van der Waals surface area contributed by atoms with Crippen molar-refractivity contribution in [3.63, 3.8) is 0 Å². The zero-order valence-corrected chi connectivity index (χ0v) is 10.6. The maximum Gasteiger partial charge on any atom is 0.219 e. The molecule has 1 aromatic rings. The number of piperidine rings is 1. The lowest BCUT2D eigenvalue weighted by Gasteiger charge is -2.31. The highest BCUT2D eigenvalue weighted by Gasteiger charge is 2.21. The first-order chi connectivity index (χ1) is 8.65. The number of nitrogens with zero attached hydrogens (tertiary/aromatic N) is 1. The van der Waals surface area contributed by atoms with Gasteiger partial charge in [0.15, 0.2) is 0 Å². The molecule has 0 N–H and O–H groups in total. The average Bonchev–Trinajstić information content (AvgIpc) is 2.38. The largest absolute Gasteiger partial charge is 0.493 e. The number of hydrogen-bond acceptors (Lipinski definition) is 2. The second kappa shape index (κ2) is 5.85. The van der Waals surface area contributed by atoms with Gasteiger partial charge in [-0.1, -0.05) is 0 Å². The summed E-state index contributed by atoms with van der Waals surface area (Å²) in [6, 6.07) is 6.03. The fraction of sp³-hybridized carbons (Fsp3) is 0.500. The van der Waals surface area contributed by atoms with Crippen molar-refractivity contribution in [2.45, 2.75) is 19.8 Å². The Kier molecular flexibility index (Phi) is 4.18. The summed E-state index contributed by atoms with van der Waals surface area (Å²) in [5.41, 5.74) is 0. The first-order valence-electron chi connectivity index (χ1n) is 6.29. The highest BCUT2D eigenvalue weighted by Crippen LogP contribution is 2.19. The third-order valence-corrected chi connectivity index (χ3v) is 3.26. The van der Waals surface area contributed by atoms with Crippen LogP contribution in [-0.2, 0) is 4.79 Å².